The highest BCUT2D eigenvalue weighted by Crippen LogP contribution is 2.22. The summed E-state index contributed by atoms with van der Waals surface area (Å²) in [6, 6.07) is 9.94. The average molecular weight is 243 g/mol. The Balaban J connectivity index is 2.50. The molecule has 0 radical (unpaired) electrons. The number of aromatic nitrogens is 2. The number of nitrogens with zero attached hydrogens (tertiary/aromatic N) is 2. The van der Waals surface area contributed by atoms with Gasteiger partial charge in [0.05, 0.1) is 6.61 Å². The Kier molecular flexibility index (Phi) is 3.89. The van der Waals surface area contributed by atoms with Crippen molar-refractivity contribution >= 4 is 5.82 Å². The molecule has 1 aromatic carbocycles. The van der Waals surface area contributed by atoms with Crippen molar-refractivity contribution in [1.82, 2.24) is 9.97 Å². The van der Waals surface area contributed by atoms with E-state index in [-0.39, 0.29) is 0 Å². The van der Waals surface area contributed by atoms with Crippen LogP contribution in [0.5, 0.6) is 0 Å². The zero-order valence-corrected chi connectivity index (χ0v) is 10.9. The lowest BCUT2D eigenvalue weighted by atomic mass is 10.1. The van der Waals surface area contributed by atoms with Crippen LogP contribution in [0.4, 0.5) is 5.82 Å². The minimum Gasteiger partial charge on any atom is -0.380 e. The molecule has 0 fully saturated rings. The number of rotatable bonds is 4. The molecule has 2 aromatic rings. The van der Waals surface area contributed by atoms with Gasteiger partial charge in [0.1, 0.15) is 5.82 Å². The zero-order valence-electron chi connectivity index (χ0n) is 10.9. The monoisotopic (exact) mass is 243 g/mol. The molecule has 1 aromatic heterocycles. The van der Waals surface area contributed by atoms with E-state index in [0.717, 1.165) is 28.5 Å². The molecule has 0 spiro atoms. The highest BCUT2D eigenvalue weighted by Gasteiger charge is 2.08. The SMILES string of the molecule is CNc1cc(C)nc(-c2ccccc2COC)n1. The van der Waals surface area contributed by atoms with Crippen LogP contribution in [0.2, 0.25) is 0 Å². The van der Waals surface area contributed by atoms with Crippen molar-refractivity contribution in [2.24, 2.45) is 0 Å². The molecule has 2 rings (SSSR count). The first-order valence-electron chi connectivity index (χ1n) is 5.85. The number of benzene rings is 1. The fourth-order valence-corrected chi connectivity index (χ4v) is 1.84. The summed E-state index contributed by atoms with van der Waals surface area (Å²) in [6.07, 6.45) is 0. The molecular formula is C14H17N3O. The van der Waals surface area contributed by atoms with Crippen molar-refractivity contribution < 1.29 is 4.74 Å². The van der Waals surface area contributed by atoms with E-state index in [1.165, 1.54) is 0 Å². The molecule has 18 heavy (non-hydrogen) atoms. The fraction of sp³-hybridized carbons (Fsp3) is 0.286. The largest absolute Gasteiger partial charge is 0.380 e. The molecule has 1 heterocycles. The zero-order chi connectivity index (χ0) is 13.0. The van der Waals surface area contributed by atoms with E-state index >= 15 is 0 Å². The molecule has 4 nitrogen and oxygen atoms in total. The van der Waals surface area contributed by atoms with E-state index in [1.807, 2.05) is 44.3 Å². The van der Waals surface area contributed by atoms with E-state index in [0.29, 0.717) is 6.61 Å². The third-order valence-electron chi connectivity index (χ3n) is 2.67. The maximum atomic E-state index is 5.21. The van der Waals surface area contributed by atoms with E-state index in [2.05, 4.69) is 15.3 Å². The van der Waals surface area contributed by atoms with Crippen LogP contribution in [0.3, 0.4) is 0 Å². The Labute approximate surface area is 107 Å². The van der Waals surface area contributed by atoms with E-state index in [1.54, 1.807) is 7.11 Å². The van der Waals surface area contributed by atoms with Gasteiger partial charge in [-0.05, 0) is 12.5 Å². The van der Waals surface area contributed by atoms with Gasteiger partial charge in [-0.3, -0.25) is 0 Å². The summed E-state index contributed by atoms with van der Waals surface area (Å²) in [5, 5.41) is 3.05. The number of hydrogen-bond donors (Lipinski definition) is 1. The van der Waals surface area contributed by atoms with Crippen LogP contribution in [-0.2, 0) is 11.3 Å². The van der Waals surface area contributed by atoms with E-state index in [9.17, 15) is 0 Å². The first kappa shape index (κ1) is 12.5. The summed E-state index contributed by atoms with van der Waals surface area (Å²) in [5.74, 6) is 1.55. The van der Waals surface area contributed by atoms with Crippen LogP contribution in [0, 0.1) is 6.92 Å². The van der Waals surface area contributed by atoms with Crippen molar-refractivity contribution in [3.8, 4) is 11.4 Å². The molecule has 4 heteroatoms. The lowest BCUT2D eigenvalue weighted by Gasteiger charge is -2.09. The van der Waals surface area contributed by atoms with Crippen molar-refractivity contribution in [3.05, 3.63) is 41.6 Å². The van der Waals surface area contributed by atoms with Crippen molar-refractivity contribution in [1.29, 1.82) is 0 Å². The van der Waals surface area contributed by atoms with Crippen LogP contribution < -0.4 is 5.32 Å². The number of methoxy groups -OCH3 is 1. The summed E-state index contributed by atoms with van der Waals surface area (Å²) in [5.41, 5.74) is 3.05. The first-order valence-corrected chi connectivity index (χ1v) is 5.85. The Morgan fingerprint density at radius 3 is 2.72 bits per heavy atom. The van der Waals surface area contributed by atoms with Gasteiger partial charge in [0, 0.05) is 31.5 Å². The molecule has 0 bridgehead atoms. The lowest BCUT2D eigenvalue weighted by Crippen LogP contribution is -2.00. The summed E-state index contributed by atoms with van der Waals surface area (Å²) in [4.78, 5) is 8.98. The Morgan fingerprint density at radius 2 is 2.00 bits per heavy atom. The van der Waals surface area contributed by atoms with E-state index in [4.69, 9.17) is 4.74 Å². The summed E-state index contributed by atoms with van der Waals surface area (Å²) >= 11 is 0. The normalized spacial score (nSPS) is 10.4. The number of hydrogen-bond acceptors (Lipinski definition) is 4. The van der Waals surface area contributed by atoms with Gasteiger partial charge in [0.2, 0.25) is 0 Å². The minimum atomic E-state index is 0.558. The van der Waals surface area contributed by atoms with Gasteiger partial charge < -0.3 is 10.1 Å². The summed E-state index contributed by atoms with van der Waals surface area (Å²) in [6.45, 7) is 2.52. The molecule has 0 aliphatic carbocycles. The number of aryl methyl sites for hydroxylation is 1. The second-order valence-corrected chi connectivity index (χ2v) is 4.06. The molecule has 0 saturated heterocycles. The molecule has 0 aliphatic rings. The number of ether oxygens (including phenoxy) is 1. The van der Waals surface area contributed by atoms with Crippen LogP contribution in [0.1, 0.15) is 11.3 Å². The van der Waals surface area contributed by atoms with Crippen LogP contribution in [0.15, 0.2) is 30.3 Å². The highest BCUT2D eigenvalue weighted by molar-refractivity contribution is 5.61. The van der Waals surface area contributed by atoms with Gasteiger partial charge in [-0.15, -0.1) is 0 Å². The van der Waals surface area contributed by atoms with Gasteiger partial charge in [-0.25, -0.2) is 9.97 Å². The quantitative estimate of drug-likeness (QED) is 0.896. The van der Waals surface area contributed by atoms with Crippen molar-refractivity contribution in [2.45, 2.75) is 13.5 Å². The van der Waals surface area contributed by atoms with Crippen LogP contribution >= 0.6 is 0 Å². The summed E-state index contributed by atoms with van der Waals surface area (Å²) < 4.78 is 5.21. The molecule has 0 atom stereocenters. The number of nitrogens with one attached hydrogen (secondary N) is 1. The smallest absolute Gasteiger partial charge is 0.162 e. The third-order valence-corrected chi connectivity index (χ3v) is 2.67. The third kappa shape index (κ3) is 2.65. The molecule has 0 unspecified atom stereocenters. The minimum absolute atomic E-state index is 0.558. The first-order chi connectivity index (χ1) is 8.74. The van der Waals surface area contributed by atoms with Gasteiger partial charge in [-0.2, -0.15) is 0 Å². The molecule has 0 aliphatic heterocycles. The topological polar surface area (TPSA) is 47.0 Å². The number of anilines is 1. The second-order valence-electron chi connectivity index (χ2n) is 4.06. The molecule has 94 valence electrons. The highest BCUT2D eigenvalue weighted by atomic mass is 16.5. The lowest BCUT2D eigenvalue weighted by molar-refractivity contribution is 0.185. The fourth-order valence-electron chi connectivity index (χ4n) is 1.84. The summed E-state index contributed by atoms with van der Waals surface area (Å²) in [7, 11) is 3.54. The molecular weight excluding hydrogens is 226 g/mol. The van der Waals surface area contributed by atoms with Crippen molar-refractivity contribution in [3.63, 3.8) is 0 Å². The van der Waals surface area contributed by atoms with Crippen LogP contribution in [-0.4, -0.2) is 24.1 Å². The Morgan fingerprint density at radius 1 is 1.22 bits per heavy atom. The van der Waals surface area contributed by atoms with Gasteiger partial charge in [-0.1, -0.05) is 24.3 Å². The Bertz CT molecular complexity index is 540. The molecule has 0 saturated carbocycles. The molecule has 0 amide bonds. The van der Waals surface area contributed by atoms with Crippen LogP contribution in [0.25, 0.3) is 11.4 Å². The molecule has 1 N–H and O–H groups in total. The predicted molar refractivity (Wildman–Crippen MR) is 72.5 cm³/mol. The second kappa shape index (κ2) is 5.60. The van der Waals surface area contributed by atoms with Crippen molar-refractivity contribution in [2.75, 3.05) is 19.5 Å². The van der Waals surface area contributed by atoms with Gasteiger partial charge in [0.15, 0.2) is 5.82 Å². The predicted octanol–water partition coefficient (Wildman–Crippen LogP) is 2.64. The van der Waals surface area contributed by atoms with E-state index < -0.39 is 0 Å². The van der Waals surface area contributed by atoms with Gasteiger partial charge in [0.25, 0.3) is 0 Å². The standard InChI is InChI=1S/C14H17N3O/c1-10-8-13(15-2)17-14(16-10)12-7-5-4-6-11(12)9-18-3/h4-8H,9H2,1-3H3,(H,15,16,17). The maximum Gasteiger partial charge on any atom is 0.162 e. The average Bonchev–Trinajstić information content (AvgIpc) is 2.39. The maximum absolute atomic E-state index is 5.21. The Hall–Kier alpha value is -1.94. The van der Waals surface area contributed by atoms with Gasteiger partial charge >= 0.3 is 0 Å².